The molecule has 0 fully saturated rings. The van der Waals surface area contributed by atoms with E-state index in [0.717, 1.165) is 10.2 Å². The third-order valence-corrected chi connectivity index (χ3v) is 2.85. The van der Waals surface area contributed by atoms with E-state index in [-0.39, 0.29) is 0 Å². The molecule has 0 spiro atoms. The van der Waals surface area contributed by atoms with E-state index in [1.165, 1.54) is 6.33 Å². The van der Waals surface area contributed by atoms with Crippen molar-refractivity contribution in [3.8, 4) is 6.07 Å². The summed E-state index contributed by atoms with van der Waals surface area (Å²) >= 11 is 3.33. The summed E-state index contributed by atoms with van der Waals surface area (Å²) in [5.41, 5.74) is 1.39. The molecule has 17 heavy (non-hydrogen) atoms. The van der Waals surface area contributed by atoms with Crippen LogP contribution in [-0.2, 0) is 6.42 Å². The Bertz CT molecular complexity index is 533. The second-order valence-electron chi connectivity index (χ2n) is 3.29. The SMILES string of the molecule is N#Cc1c(Br)cccc1NCCc1ncno1. The van der Waals surface area contributed by atoms with Gasteiger partial charge in [-0.05, 0) is 28.1 Å². The van der Waals surface area contributed by atoms with Gasteiger partial charge in [-0.3, -0.25) is 0 Å². The van der Waals surface area contributed by atoms with Gasteiger partial charge in [0.25, 0.3) is 0 Å². The smallest absolute Gasteiger partial charge is 0.228 e. The summed E-state index contributed by atoms with van der Waals surface area (Å²) in [5, 5.41) is 15.7. The number of rotatable bonds is 4. The first kappa shape index (κ1) is 11.6. The topological polar surface area (TPSA) is 74.7 Å². The number of aromatic nitrogens is 2. The summed E-state index contributed by atoms with van der Waals surface area (Å²) < 4.78 is 5.66. The molecule has 0 unspecified atom stereocenters. The summed E-state index contributed by atoms with van der Waals surface area (Å²) in [7, 11) is 0. The predicted molar refractivity (Wildman–Crippen MR) is 65.3 cm³/mol. The highest BCUT2D eigenvalue weighted by atomic mass is 79.9. The molecule has 1 heterocycles. The van der Waals surface area contributed by atoms with Crippen LogP contribution < -0.4 is 5.32 Å². The van der Waals surface area contributed by atoms with Gasteiger partial charge in [0.2, 0.25) is 5.89 Å². The van der Waals surface area contributed by atoms with Crippen molar-refractivity contribution in [1.29, 1.82) is 5.26 Å². The zero-order valence-electron chi connectivity index (χ0n) is 8.85. The summed E-state index contributed by atoms with van der Waals surface area (Å²) in [6.45, 7) is 0.632. The normalized spacial score (nSPS) is 9.88. The largest absolute Gasteiger partial charge is 0.383 e. The molecule has 0 radical (unpaired) electrons. The molecular formula is C11H9BrN4O. The van der Waals surface area contributed by atoms with Gasteiger partial charge in [-0.1, -0.05) is 11.2 Å². The molecule has 2 aromatic rings. The molecule has 5 nitrogen and oxygen atoms in total. The van der Waals surface area contributed by atoms with E-state index in [1.54, 1.807) is 0 Å². The van der Waals surface area contributed by atoms with Gasteiger partial charge in [0, 0.05) is 17.4 Å². The number of nitrogens with zero attached hydrogens (tertiary/aromatic N) is 3. The van der Waals surface area contributed by atoms with Crippen LogP contribution in [0.2, 0.25) is 0 Å². The van der Waals surface area contributed by atoms with Crippen LogP contribution in [0.25, 0.3) is 0 Å². The molecule has 0 aliphatic heterocycles. The lowest BCUT2D eigenvalue weighted by Crippen LogP contribution is -2.06. The highest BCUT2D eigenvalue weighted by Crippen LogP contribution is 2.23. The number of benzene rings is 1. The van der Waals surface area contributed by atoms with E-state index in [0.29, 0.717) is 24.4 Å². The Morgan fingerprint density at radius 2 is 2.35 bits per heavy atom. The summed E-state index contributed by atoms with van der Waals surface area (Å²) in [5.74, 6) is 0.575. The third kappa shape index (κ3) is 2.82. The standard InChI is InChI=1S/C11H9BrN4O/c12-9-2-1-3-10(8(9)6-13)14-5-4-11-15-7-16-17-11/h1-3,7,14H,4-5H2. The molecule has 2 rings (SSSR count). The Balaban J connectivity index is 2.00. The van der Waals surface area contributed by atoms with Crippen molar-refractivity contribution in [2.24, 2.45) is 0 Å². The molecule has 0 saturated carbocycles. The molecule has 1 aromatic heterocycles. The maximum absolute atomic E-state index is 9.02. The van der Waals surface area contributed by atoms with Gasteiger partial charge >= 0.3 is 0 Å². The van der Waals surface area contributed by atoms with Crippen molar-refractivity contribution in [3.63, 3.8) is 0 Å². The molecule has 6 heteroatoms. The fourth-order valence-corrected chi connectivity index (χ4v) is 1.85. The number of anilines is 1. The van der Waals surface area contributed by atoms with E-state index >= 15 is 0 Å². The number of nitrogens with one attached hydrogen (secondary N) is 1. The minimum Gasteiger partial charge on any atom is -0.383 e. The average Bonchev–Trinajstić information content (AvgIpc) is 2.82. The lowest BCUT2D eigenvalue weighted by atomic mass is 10.2. The van der Waals surface area contributed by atoms with Gasteiger partial charge in [-0.15, -0.1) is 0 Å². The van der Waals surface area contributed by atoms with Gasteiger partial charge in [0.1, 0.15) is 6.07 Å². The second kappa shape index (κ2) is 5.46. The first-order chi connectivity index (χ1) is 8.31. The van der Waals surface area contributed by atoms with Crippen molar-refractivity contribution < 1.29 is 4.52 Å². The Morgan fingerprint density at radius 1 is 1.47 bits per heavy atom. The second-order valence-corrected chi connectivity index (χ2v) is 4.14. The van der Waals surface area contributed by atoms with Crippen LogP contribution in [0, 0.1) is 11.3 Å². The molecule has 0 saturated heterocycles. The Labute approximate surface area is 107 Å². The first-order valence-electron chi connectivity index (χ1n) is 4.99. The summed E-state index contributed by atoms with van der Waals surface area (Å²) in [4.78, 5) is 3.92. The maximum Gasteiger partial charge on any atom is 0.228 e. The quantitative estimate of drug-likeness (QED) is 0.936. The van der Waals surface area contributed by atoms with Crippen LogP contribution in [0.3, 0.4) is 0 Å². The molecule has 0 atom stereocenters. The molecule has 86 valence electrons. The molecule has 0 aliphatic carbocycles. The Kier molecular flexibility index (Phi) is 3.73. The highest BCUT2D eigenvalue weighted by Gasteiger charge is 2.05. The molecule has 0 aliphatic rings. The van der Waals surface area contributed by atoms with Crippen LogP contribution in [0.15, 0.2) is 33.5 Å². The lowest BCUT2D eigenvalue weighted by Gasteiger charge is -2.07. The molecule has 0 amide bonds. The Hall–Kier alpha value is -1.87. The van der Waals surface area contributed by atoms with E-state index in [1.807, 2.05) is 18.2 Å². The van der Waals surface area contributed by atoms with Crippen LogP contribution in [-0.4, -0.2) is 16.7 Å². The minimum absolute atomic E-state index is 0.575. The van der Waals surface area contributed by atoms with Gasteiger partial charge in [-0.25, -0.2) is 0 Å². The summed E-state index contributed by atoms with van der Waals surface area (Å²) in [6.07, 6.45) is 1.99. The van der Waals surface area contributed by atoms with Crippen molar-refractivity contribution in [2.45, 2.75) is 6.42 Å². The lowest BCUT2D eigenvalue weighted by molar-refractivity contribution is 0.380. The molecule has 0 bridgehead atoms. The monoisotopic (exact) mass is 292 g/mol. The van der Waals surface area contributed by atoms with Crippen LogP contribution >= 0.6 is 15.9 Å². The number of nitriles is 1. The Morgan fingerprint density at radius 3 is 3.06 bits per heavy atom. The number of halogens is 1. The van der Waals surface area contributed by atoms with Crippen LogP contribution in [0.5, 0.6) is 0 Å². The van der Waals surface area contributed by atoms with Crippen molar-refractivity contribution >= 4 is 21.6 Å². The predicted octanol–water partition coefficient (Wildman–Crippen LogP) is 2.36. The minimum atomic E-state index is 0.575. The first-order valence-corrected chi connectivity index (χ1v) is 5.78. The molecule has 1 N–H and O–H groups in total. The number of hydrogen-bond donors (Lipinski definition) is 1. The molecular weight excluding hydrogens is 284 g/mol. The van der Waals surface area contributed by atoms with E-state index < -0.39 is 0 Å². The van der Waals surface area contributed by atoms with Crippen molar-refractivity contribution in [2.75, 3.05) is 11.9 Å². The fraction of sp³-hybridized carbons (Fsp3) is 0.182. The fourth-order valence-electron chi connectivity index (χ4n) is 1.40. The third-order valence-electron chi connectivity index (χ3n) is 2.19. The van der Waals surface area contributed by atoms with E-state index in [9.17, 15) is 0 Å². The van der Waals surface area contributed by atoms with Gasteiger partial charge in [0.05, 0.1) is 11.3 Å². The van der Waals surface area contributed by atoms with Gasteiger partial charge in [0.15, 0.2) is 6.33 Å². The average molecular weight is 293 g/mol. The van der Waals surface area contributed by atoms with Crippen LogP contribution in [0.1, 0.15) is 11.5 Å². The maximum atomic E-state index is 9.02. The van der Waals surface area contributed by atoms with Crippen LogP contribution in [0.4, 0.5) is 5.69 Å². The van der Waals surface area contributed by atoms with Crippen molar-refractivity contribution in [1.82, 2.24) is 10.1 Å². The zero-order valence-corrected chi connectivity index (χ0v) is 10.4. The van der Waals surface area contributed by atoms with Gasteiger partial charge in [-0.2, -0.15) is 10.2 Å². The zero-order chi connectivity index (χ0) is 12.1. The summed E-state index contributed by atoms with van der Waals surface area (Å²) in [6, 6.07) is 7.72. The van der Waals surface area contributed by atoms with E-state index in [4.69, 9.17) is 9.78 Å². The van der Waals surface area contributed by atoms with E-state index in [2.05, 4.69) is 37.5 Å². The van der Waals surface area contributed by atoms with Gasteiger partial charge < -0.3 is 9.84 Å². The highest BCUT2D eigenvalue weighted by molar-refractivity contribution is 9.10. The molecule has 1 aromatic carbocycles. The number of hydrogen-bond acceptors (Lipinski definition) is 5. The van der Waals surface area contributed by atoms with Crippen molar-refractivity contribution in [3.05, 3.63) is 40.5 Å².